The van der Waals surface area contributed by atoms with E-state index in [4.69, 9.17) is 9.84 Å². The standard InChI is InChI=1S/C17H21NO4/c19-15(20)13-6-9-18(12-13)16(21)17(7-10-22-11-8-17)14-4-2-1-3-5-14/h1-5,13H,6-12H2,(H,19,20). The van der Waals surface area contributed by atoms with Crippen molar-refractivity contribution in [3.05, 3.63) is 35.9 Å². The van der Waals surface area contributed by atoms with E-state index in [2.05, 4.69) is 0 Å². The molecule has 2 heterocycles. The lowest BCUT2D eigenvalue weighted by molar-refractivity contribution is -0.143. The molecule has 0 aromatic heterocycles. The Kier molecular flexibility index (Phi) is 4.16. The highest BCUT2D eigenvalue weighted by Gasteiger charge is 2.46. The highest BCUT2D eigenvalue weighted by atomic mass is 16.5. The topological polar surface area (TPSA) is 66.8 Å². The number of amides is 1. The lowest BCUT2D eigenvalue weighted by Gasteiger charge is -2.39. The lowest BCUT2D eigenvalue weighted by Crippen LogP contribution is -2.49. The molecular formula is C17H21NO4. The number of carbonyl (C=O) groups is 2. The van der Waals surface area contributed by atoms with E-state index in [-0.39, 0.29) is 5.91 Å². The highest BCUT2D eigenvalue weighted by Crippen LogP contribution is 2.38. The predicted octanol–water partition coefficient (Wildman–Crippen LogP) is 1.67. The van der Waals surface area contributed by atoms with Crippen LogP contribution < -0.4 is 0 Å². The molecule has 0 bridgehead atoms. The van der Waals surface area contributed by atoms with E-state index in [1.165, 1.54) is 0 Å². The Morgan fingerprint density at radius 3 is 2.45 bits per heavy atom. The van der Waals surface area contributed by atoms with Crippen LogP contribution in [-0.4, -0.2) is 48.2 Å². The third-order valence-electron chi connectivity index (χ3n) is 4.91. The molecule has 5 heteroatoms. The Morgan fingerprint density at radius 2 is 1.86 bits per heavy atom. The normalized spacial score (nSPS) is 24.2. The van der Waals surface area contributed by atoms with Crippen molar-refractivity contribution in [2.24, 2.45) is 5.92 Å². The number of benzene rings is 1. The number of carboxylic acids is 1. The van der Waals surface area contributed by atoms with Crippen LogP contribution in [0.15, 0.2) is 30.3 Å². The van der Waals surface area contributed by atoms with Gasteiger partial charge in [0.05, 0.1) is 11.3 Å². The maximum Gasteiger partial charge on any atom is 0.308 e. The Balaban J connectivity index is 1.87. The van der Waals surface area contributed by atoms with Crippen molar-refractivity contribution in [2.75, 3.05) is 26.3 Å². The molecule has 2 saturated heterocycles. The van der Waals surface area contributed by atoms with Gasteiger partial charge in [0, 0.05) is 26.3 Å². The molecular weight excluding hydrogens is 282 g/mol. The number of likely N-dealkylation sites (tertiary alicyclic amines) is 1. The van der Waals surface area contributed by atoms with E-state index in [0.29, 0.717) is 45.6 Å². The minimum Gasteiger partial charge on any atom is -0.481 e. The summed E-state index contributed by atoms with van der Waals surface area (Å²) >= 11 is 0. The fourth-order valence-corrected chi connectivity index (χ4v) is 3.55. The van der Waals surface area contributed by atoms with E-state index < -0.39 is 17.3 Å². The zero-order valence-corrected chi connectivity index (χ0v) is 12.5. The number of carbonyl (C=O) groups excluding carboxylic acids is 1. The first-order valence-electron chi connectivity index (χ1n) is 7.79. The van der Waals surface area contributed by atoms with Crippen molar-refractivity contribution in [3.63, 3.8) is 0 Å². The Bertz CT molecular complexity index is 551. The molecule has 0 saturated carbocycles. The second kappa shape index (κ2) is 6.08. The Morgan fingerprint density at radius 1 is 1.18 bits per heavy atom. The molecule has 2 aliphatic heterocycles. The zero-order chi connectivity index (χ0) is 15.6. The summed E-state index contributed by atoms with van der Waals surface area (Å²) in [7, 11) is 0. The molecule has 2 aliphatic rings. The molecule has 1 N–H and O–H groups in total. The van der Waals surface area contributed by atoms with Gasteiger partial charge in [0.1, 0.15) is 0 Å². The summed E-state index contributed by atoms with van der Waals surface area (Å²) in [4.78, 5) is 26.0. The lowest BCUT2D eigenvalue weighted by atomic mass is 9.73. The van der Waals surface area contributed by atoms with Crippen LogP contribution in [0, 0.1) is 5.92 Å². The van der Waals surface area contributed by atoms with Gasteiger partial charge in [-0.3, -0.25) is 9.59 Å². The zero-order valence-electron chi connectivity index (χ0n) is 12.5. The van der Waals surface area contributed by atoms with Gasteiger partial charge in [0.25, 0.3) is 0 Å². The van der Waals surface area contributed by atoms with E-state index in [1.807, 2.05) is 30.3 Å². The molecule has 1 atom stereocenters. The van der Waals surface area contributed by atoms with E-state index in [1.54, 1.807) is 4.90 Å². The average molecular weight is 303 g/mol. The second-order valence-corrected chi connectivity index (χ2v) is 6.14. The summed E-state index contributed by atoms with van der Waals surface area (Å²) < 4.78 is 5.45. The average Bonchev–Trinajstić information content (AvgIpc) is 3.06. The number of hydrogen-bond donors (Lipinski definition) is 1. The third kappa shape index (κ3) is 2.61. The predicted molar refractivity (Wildman–Crippen MR) is 80.5 cm³/mol. The van der Waals surface area contributed by atoms with Crippen molar-refractivity contribution in [1.29, 1.82) is 0 Å². The highest BCUT2D eigenvalue weighted by molar-refractivity contribution is 5.89. The first-order valence-corrected chi connectivity index (χ1v) is 7.79. The number of carboxylic acid groups (broad SMARTS) is 1. The summed E-state index contributed by atoms with van der Waals surface area (Å²) in [6.07, 6.45) is 1.86. The van der Waals surface area contributed by atoms with Crippen LogP contribution >= 0.6 is 0 Å². The molecule has 2 fully saturated rings. The number of rotatable bonds is 3. The van der Waals surface area contributed by atoms with Gasteiger partial charge in [-0.2, -0.15) is 0 Å². The number of ether oxygens (including phenoxy) is 1. The molecule has 1 aromatic rings. The van der Waals surface area contributed by atoms with Gasteiger partial charge in [0.15, 0.2) is 0 Å². The summed E-state index contributed by atoms with van der Waals surface area (Å²) in [6, 6.07) is 9.83. The van der Waals surface area contributed by atoms with Crippen molar-refractivity contribution in [1.82, 2.24) is 4.90 Å². The van der Waals surface area contributed by atoms with Gasteiger partial charge in [-0.05, 0) is 24.8 Å². The summed E-state index contributed by atoms with van der Waals surface area (Å²) in [5.41, 5.74) is 0.453. The molecule has 1 aromatic carbocycles. The van der Waals surface area contributed by atoms with E-state index >= 15 is 0 Å². The van der Waals surface area contributed by atoms with Gasteiger partial charge in [-0.25, -0.2) is 0 Å². The van der Waals surface area contributed by atoms with Gasteiger partial charge >= 0.3 is 5.97 Å². The Labute approximate surface area is 129 Å². The van der Waals surface area contributed by atoms with Crippen LogP contribution in [-0.2, 0) is 19.7 Å². The monoisotopic (exact) mass is 303 g/mol. The van der Waals surface area contributed by atoms with Crippen LogP contribution in [0.1, 0.15) is 24.8 Å². The molecule has 118 valence electrons. The minimum absolute atomic E-state index is 0.0609. The molecule has 1 unspecified atom stereocenters. The van der Waals surface area contributed by atoms with Crippen molar-refractivity contribution < 1.29 is 19.4 Å². The first kappa shape index (κ1) is 15.0. The minimum atomic E-state index is -0.809. The molecule has 1 amide bonds. The quantitative estimate of drug-likeness (QED) is 0.922. The van der Waals surface area contributed by atoms with Crippen LogP contribution in [0.25, 0.3) is 0 Å². The Hall–Kier alpha value is -1.88. The van der Waals surface area contributed by atoms with Crippen molar-refractivity contribution in [3.8, 4) is 0 Å². The molecule has 5 nitrogen and oxygen atoms in total. The number of nitrogens with zero attached hydrogens (tertiary/aromatic N) is 1. The molecule has 0 radical (unpaired) electrons. The summed E-state index contributed by atoms with van der Waals surface area (Å²) in [5, 5.41) is 9.15. The molecule has 22 heavy (non-hydrogen) atoms. The fourth-order valence-electron chi connectivity index (χ4n) is 3.55. The van der Waals surface area contributed by atoms with Gasteiger partial charge < -0.3 is 14.7 Å². The van der Waals surface area contributed by atoms with Crippen molar-refractivity contribution >= 4 is 11.9 Å². The van der Waals surface area contributed by atoms with Gasteiger partial charge in [-0.1, -0.05) is 30.3 Å². The molecule has 3 rings (SSSR count). The van der Waals surface area contributed by atoms with Crippen LogP contribution in [0.4, 0.5) is 0 Å². The van der Waals surface area contributed by atoms with Crippen LogP contribution in [0.3, 0.4) is 0 Å². The third-order valence-corrected chi connectivity index (χ3v) is 4.91. The summed E-state index contributed by atoms with van der Waals surface area (Å²) in [6.45, 7) is 1.99. The van der Waals surface area contributed by atoms with E-state index in [9.17, 15) is 9.59 Å². The smallest absolute Gasteiger partial charge is 0.308 e. The maximum absolute atomic E-state index is 13.2. The number of aliphatic carboxylic acids is 1. The molecule has 0 spiro atoms. The first-order chi connectivity index (χ1) is 10.6. The second-order valence-electron chi connectivity index (χ2n) is 6.14. The summed E-state index contributed by atoms with van der Waals surface area (Å²) in [5.74, 6) is -1.18. The van der Waals surface area contributed by atoms with Gasteiger partial charge in [-0.15, -0.1) is 0 Å². The number of hydrogen-bond acceptors (Lipinski definition) is 3. The SMILES string of the molecule is O=C(O)C1CCN(C(=O)C2(c3ccccc3)CCOCC2)C1. The maximum atomic E-state index is 13.2. The fraction of sp³-hybridized carbons (Fsp3) is 0.529. The van der Waals surface area contributed by atoms with Crippen LogP contribution in [0.5, 0.6) is 0 Å². The molecule has 0 aliphatic carbocycles. The largest absolute Gasteiger partial charge is 0.481 e. The van der Waals surface area contributed by atoms with Crippen molar-refractivity contribution in [2.45, 2.75) is 24.7 Å². The van der Waals surface area contributed by atoms with Crippen LogP contribution in [0.2, 0.25) is 0 Å². The van der Waals surface area contributed by atoms with E-state index in [0.717, 1.165) is 5.56 Å². The van der Waals surface area contributed by atoms with Gasteiger partial charge in [0.2, 0.25) is 5.91 Å².